The molecule has 20 heavy (non-hydrogen) atoms. The van der Waals surface area contributed by atoms with Crippen LogP contribution in [0, 0.1) is 0 Å². The number of nitrogens with zero attached hydrogens (tertiary/aromatic N) is 1. The first-order chi connectivity index (χ1) is 9.52. The van der Waals surface area contributed by atoms with E-state index in [9.17, 15) is 5.11 Å². The van der Waals surface area contributed by atoms with E-state index >= 15 is 0 Å². The largest absolute Gasteiger partial charge is 0.394 e. The first kappa shape index (κ1) is 14.8. The summed E-state index contributed by atoms with van der Waals surface area (Å²) >= 11 is 0. The molecule has 3 aliphatic rings. The molecule has 3 fully saturated rings. The molecule has 0 aromatic carbocycles. The minimum absolute atomic E-state index is 0.0213. The molecule has 0 aromatic heterocycles. The molecule has 4 nitrogen and oxygen atoms in total. The van der Waals surface area contributed by atoms with Crippen molar-refractivity contribution >= 4 is 0 Å². The molecule has 0 spiro atoms. The van der Waals surface area contributed by atoms with Crippen molar-refractivity contribution in [1.82, 2.24) is 10.2 Å². The van der Waals surface area contributed by atoms with E-state index in [4.69, 9.17) is 4.74 Å². The van der Waals surface area contributed by atoms with Crippen LogP contribution in [0.4, 0.5) is 0 Å². The van der Waals surface area contributed by atoms with Crippen molar-refractivity contribution in [3.63, 3.8) is 0 Å². The fourth-order valence-electron chi connectivity index (χ4n) is 3.99. The van der Waals surface area contributed by atoms with Crippen molar-refractivity contribution < 1.29 is 9.84 Å². The highest BCUT2D eigenvalue weighted by Crippen LogP contribution is 2.35. The molecule has 0 bridgehead atoms. The second-order valence-electron chi connectivity index (χ2n) is 7.69. The first-order valence-corrected chi connectivity index (χ1v) is 8.29. The molecule has 1 aliphatic heterocycles. The van der Waals surface area contributed by atoms with E-state index in [0.717, 1.165) is 32.5 Å². The van der Waals surface area contributed by atoms with Gasteiger partial charge in [-0.05, 0) is 52.4 Å². The molecule has 116 valence electrons. The predicted octanol–water partition coefficient (Wildman–Crippen LogP) is 1.52. The molecule has 3 rings (SSSR count). The number of aliphatic hydroxyl groups is 1. The second-order valence-corrected chi connectivity index (χ2v) is 7.69. The maximum atomic E-state index is 9.93. The van der Waals surface area contributed by atoms with Crippen LogP contribution in [0.25, 0.3) is 0 Å². The van der Waals surface area contributed by atoms with Crippen LogP contribution in [0.2, 0.25) is 0 Å². The fourth-order valence-corrected chi connectivity index (χ4v) is 3.99. The molecule has 4 heteroatoms. The lowest BCUT2D eigenvalue weighted by molar-refractivity contribution is -0.105. The van der Waals surface area contributed by atoms with Gasteiger partial charge in [0.05, 0.1) is 18.8 Å². The molecule has 2 atom stereocenters. The first-order valence-electron chi connectivity index (χ1n) is 8.29. The Kier molecular flexibility index (Phi) is 4.10. The molecule has 0 radical (unpaired) electrons. The van der Waals surface area contributed by atoms with Crippen LogP contribution in [0.1, 0.15) is 52.4 Å². The topological polar surface area (TPSA) is 44.7 Å². The zero-order chi connectivity index (χ0) is 14.2. The molecule has 2 saturated carbocycles. The van der Waals surface area contributed by atoms with Crippen LogP contribution in [0.3, 0.4) is 0 Å². The Balaban J connectivity index is 1.64. The summed E-state index contributed by atoms with van der Waals surface area (Å²) in [5, 5.41) is 13.7. The SMILES string of the molecule is CC1(C)CN(C2CCCC(CO)(NC3CC3)C2)CCO1. The molecule has 0 aromatic rings. The molecule has 2 aliphatic carbocycles. The second kappa shape index (κ2) is 5.56. The summed E-state index contributed by atoms with van der Waals surface area (Å²) in [6.07, 6.45) is 7.29. The van der Waals surface area contributed by atoms with Crippen molar-refractivity contribution in [1.29, 1.82) is 0 Å². The summed E-state index contributed by atoms with van der Waals surface area (Å²) < 4.78 is 5.83. The van der Waals surface area contributed by atoms with E-state index in [-0.39, 0.29) is 17.7 Å². The van der Waals surface area contributed by atoms with Crippen molar-refractivity contribution in [3.8, 4) is 0 Å². The summed E-state index contributed by atoms with van der Waals surface area (Å²) in [5.74, 6) is 0. The van der Waals surface area contributed by atoms with Gasteiger partial charge in [0.15, 0.2) is 0 Å². The zero-order valence-electron chi connectivity index (χ0n) is 13.0. The summed E-state index contributed by atoms with van der Waals surface area (Å²) in [6, 6.07) is 1.27. The normalized spacial score (nSPS) is 38.9. The molecule has 2 unspecified atom stereocenters. The van der Waals surface area contributed by atoms with Gasteiger partial charge in [-0.15, -0.1) is 0 Å². The molecule has 1 heterocycles. The van der Waals surface area contributed by atoms with E-state index in [2.05, 4.69) is 24.1 Å². The third kappa shape index (κ3) is 3.35. The van der Waals surface area contributed by atoms with Crippen LogP contribution in [0.5, 0.6) is 0 Å². The number of morpholine rings is 1. The molecular weight excluding hydrogens is 252 g/mol. The monoisotopic (exact) mass is 282 g/mol. The standard InChI is InChI=1S/C16H30N2O2/c1-15(2)11-18(8-9-20-15)14-4-3-7-16(10-14,12-19)17-13-5-6-13/h13-14,17,19H,3-12H2,1-2H3. The maximum absolute atomic E-state index is 9.93. The molecular formula is C16H30N2O2. The summed E-state index contributed by atoms with van der Waals surface area (Å²) in [5.41, 5.74) is -0.0476. The minimum atomic E-state index is -0.0263. The van der Waals surface area contributed by atoms with Crippen LogP contribution in [0.15, 0.2) is 0 Å². The molecule has 2 N–H and O–H groups in total. The van der Waals surface area contributed by atoms with E-state index < -0.39 is 0 Å². The molecule has 1 saturated heterocycles. The number of hydrogen-bond donors (Lipinski definition) is 2. The number of ether oxygens (including phenoxy) is 1. The van der Waals surface area contributed by atoms with Crippen LogP contribution >= 0.6 is 0 Å². The maximum Gasteiger partial charge on any atom is 0.0753 e. The zero-order valence-corrected chi connectivity index (χ0v) is 13.0. The van der Waals surface area contributed by atoms with Gasteiger partial charge < -0.3 is 15.2 Å². The van der Waals surface area contributed by atoms with Gasteiger partial charge in [0.25, 0.3) is 0 Å². The number of hydrogen-bond acceptors (Lipinski definition) is 4. The number of nitrogens with one attached hydrogen (secondary N) is 1. The van der Waals surface area contributed by atoms with Gasteiger partial charge in [0.1, 0.15) is 0 Å². The lowest BCUT2D eigenvalue weighted by atomic mass is 9.78. The Labute approximate surface area is 122 Å². The van der Waals surface area contributed by atoms with E-state index in [1.165, 1.54) is 25.7 Å². The average molecular weight is 282 g/mol. The lowest BCUT2D eigenvalue weighted by Crippen LogP contribution is -2.59. The quantitative estimate of drug-likeness (QED) is 0.821. The fraction of sp³-hybridized carbons (Fsp3) is 1.00. The van der Waals surface area contributed by atoms with Gasteiger partial charge in [0.2, 0.25) is 0 Å². The van der Waals surface area contributed by atoms with Gasteiger partial charge in [-0.1, -0.05) is 0 Å². The summed E-state index contributed by atoms with van der Waals surface area (Å²) in [4.78, 5) is 2.60. The van der Waals surface area contributed by atoms with E-state index in [0.29, 0.717) is 12.1 Å². The highest BCUT2D eigenvalue weighted by Gasteiger charge is 2.42. The van der Waals surface area contributed by atoms with Crippen LogP contribution in [-0.4, -0.2) is 59.5 Å². The van der Waals surface area contributed by atoms with Gasteiger partial charge in [-0.25, -0.2) is 0 Å². The van der Waals surface area contributed by atoms with Crippen molar-refractivity contribution in [2.24, 2.45) is 0 Å². The van der Waals surface area contributed by atoms with Gasteiger partial charge >= 0.3 is 0 Å². The third-order valence-corrected chi connectivity index (χ3v) is 5.18. The minimum Gasteiger partial charge on any atom is -0.394 e. The Morgan fingerprint density at radius 2 is 2.10 bits per heavy atom. The van der Waals surface area contributed by atoms with Gasteiger partial charge in [-0.3, -0.25) is 4.90 Å². The van der Waals surface area contributed by atoms with Crippen molar-refractivity contribution in [2.45, 2.75) is 75.6 Å². The average Bonchev–Trinajstić information content (AvgIpc) is 3.22. The number of aliphatic hydroxyl groups excluding tert-OH is 1. The lowest BCUT2D eigenvalue weighted by Gasteiger charge is -2.48. The van der Waals surface area contributed by atoms with Crippen molar-refractivity contribution in [2.75, 3.05) is 26.3 Å². The number of rotatable bonds is 4. The van der Waals surface area contributed by atoms with Gasteiger partial charge in [0, 0.05) is 30.7 Å². The highest BCUT2D eigenvalue weighted by atomic mass is 16.5. The predicted molar refractivity (Wildman–Crippen MR) is 79.8 cm³/mol. The Bertz CT molecular complexity index is 343. The summed E-state index contributed by atoms with van der Waals surface area (Å²) in [7, 11) is 0. The summed E-state index contributed by atoms with van der Waals surface area (Å²) in [6.45, 7) is 7.55. The Morgan fingerprint density at radius 3 is 2.75 bits per heavy atom. The van der Waals surface area contributed by atoms with E-state index in [1.54, 1.807) is 0 Å². The van der Waals surface area contributed by atoms with Crippen LogP contribution in [-0.2, 0) is 4.74 Å². The van der Waals surface area contributed by atoms with Gasteiger partial charge in [-0.2, -0.15) is 0 Å². The third-order valence-electron chi connectivity index (χ3n) is 5.18. The van der Waals surface area contributed by atoms with E-state index in [1.807, 2.05) is 0 Å². The highest BCUT2D eigenvalue weighted by molar-refractivity contribution is 5.01. The Morgan fingerprint density at radius 1 is 1.30 bits per heavy atom. The van der Waals surface area contributed by atoms with Crippen LogP contribution < -0.4 is 5.32 Å². The smallest absolute Gasteiger partial charge is 0.0753 e. The Hall–Kier alpha value is -0.160. The van der Waals surface area contributed by atoms with Crippen molar-refractivity contribution in [3.05, 3.63) is 0 Å². The molecule has 0 amide bonds.